The van der Waals surface area contributed by atoms with E-state index in [1.165, 1.54) is 20.2 Å². The second-order valence-corrected chi connectivity index (χ2v) is 13.5. The summed E-state index contributed by atoms with van der Waals surface area (Å²) in [6.45, 7) is 0. The Balaban J connectivity index is 1.28. The van der Waals surface area contributed by atoms with Crippen molar-refractivity contribution >= 4 is 75.1 Å². The minimum atomic E-state index is 0.650. The summed E-state index contributed by atoms with van der Waals surface area (Å²) in [4.78, 5) is 0. The largest absolute Gasteiger partial charge is 0.309 e. The van der Waals surface area contributed by atoms with Gasteiger partial charge in [0.1, 0.15) is 0 Å². The van der Waals surface area contributed by atoms with Crippen molar-refractivity contribution in [3.05, 3.63) is 157 Å². The first kappa shape index (κ1) is 27.5. The number of thiophene rings is 1. The second kappa shape index (κ2) is 10.4. The lowest BCUT2D eigenvalue weighted by Gasteiger charge is -2.18. The van der Waals surface area contributed by atoms with Gasteiger partial charge in [-0.1, -0.05) is 72.8 Å². The van der Waals surface area contributed by atoms with Gasteiger partial charge in [-0.15, -0.1) is 11.3 Å². The van der Waals surface area contributed by atoms with Crippen molar-refractivity contribution < 1.29 is 0 Å². The van der Waals surface area contributed by atoms with E-state index in [1.807, 2.05) is 24.3 Å². The Bertz CT molecular complexity index is 3090. The van der Waals surface area contributed by atoms with Crippen molar-refractivity contribution in [3.8, 4) is 34.6 Å². The minimum Gasteiger partial charge on any atom is -0.309 e. The number of benzene rings is 7. The molecule has 226 valence electrons. The fraction of sp³-hybridized carbons (Fsp3) is 0. The van der Waals surface area contributed by atoms with Crippen molar-refractivity contribution in [2.24, 2.45) is 0 Å². The van der Waals surface area contributed by atoms with Crippen molar-refractivity contribution in [2.75, 3.05) is 0 Å². The summed E-state index contributed by atoms with van der Waals surface area (Å²) in [5, 5.41) is 26.2. The Labute approximate surface area is 285 Å². The summed E-state index contributed by atoms with van der Waals surface area (Å²) in [5.41, 5.74) is 10.1. The van der Waals surface area contributed by atoms with E-state index in [9.17, 15) is 10.5 Å². The minimum absolute atomic E-state index is 0.650. The van der Waals surface area contributed by atoms with Gasteiger partial charge in [0.2, 0.25) is 0 Å². The van der Waals surface area contributed by atoms with E-state index in [0.29, 0.717) is 11.1 Å². The average molecular weight is 641 g/mol. The van der Waals surface area contributed by atoms with Crippen LogP contribution in [0.15, 0.2) is 146 Å². The van der Waals surface area contributed by atoms with Crippen LogP contribution >= 0.6 is 11.3 Å². The van der Waals surface area contributed by atoms with Crippen LogP contribution in [0.25, 0.3) is 86.3 Å². The number of hydrogen-bond acceptors (Lipinski definition) is 3. The molecule has 0 atom stereocenters. The fourth-order valence-electron chi connectivity index (χ4n) is 7.66. The van der Waals surface area contributed by atoms with Crippen LogP contribution in [0.2, 0.25) is 0 Å². The molecule has 0 aliphatic carbocycles. The topological polar surface area (TPSA) is 57.4 Å². The first-order valence-electron chi connectivity index (χ1n) is 16.1. The van der Waals surface area contributed by atoms with Gasteiger partial charge in [0.05, 0.1) is 56.7 Å². The van der Waals surface area contributed by atoms with E-state index in [1.54, 1.807) is 11.3 Å². The highest BCUT2D eigenvalue weighted by Gasteiger charge is 2.21. The predicted octanol–water partition coefficient (Wildman–Crippen LogP) is 11.7. The molecule has 0 saturated carbocycles. The maximum atomic E-state index is 9.71. The van der Waals surface area contributed by atoms with Gasteiger partial charge in [0, 0.05) is 52.8 Å². The fourth-order valence-corrected chi connectivity index (χ4v) is 8.77. The molecule has 4 nitrogen and oxygen atoms in total. The van der Waals surface area contributed by atoms with Gasteiger partial charge in [-0.05, 0) is 72.8 Å². The van der Waals surface area contributed by atoms with Gasteiger partial charge in [-0.25, -0.2) is 0 Å². The summed E-state index contributed by atoms with van der Waals surface area (Å²) in [6, 6.07) is 55.6. The van der Waals surface area contributed by atoms with Gasteiger partial charge in [0.25, 0.3) is 0 Å². The molecule has 0 spiro atoms. The lowest BCUT2D eigenvalue weighted by Crippen LogP contribution is -2.01. The van der Waals surface area contributed by atoms with E-state index in [4.69, 9.17) is 0 Å². The number of fused-ring (bicyclic) bond motifs is 9. The first-order valence-corrected chi connectivity index (χ1v) is 17.0. The van der Waals surface area contributed by atoms with Crippen molar-refractivity contribution in [1.82, 2.24) is 9.13 Å². The van der Waals surface area contributed by atoms with Gasteiger partial charge in [0.15, 0.2) is 0 Å². The van der Waals surface area contributed by atoms with Crippen LogP contribution < -0.4 is 0 Å². The molecule has 0 bridgehead atoms. The number of nitriles is 2. The summed E-state index contributed by atoms with van der Waals surface area (Å²) < 4.78 is 7.13. The third-order valence-electron chi connectivity index (χ3n) is 9.77. The van der Waals surface area contributed by atoms with Gasteiger partial charge < -0.3 is 9.13 Å². The molecule has 0 amide bonds. The summed E-state index contributed by atoms with van der Waals surface area (Å²) in [6.07, 6.45) is 0. The predicted molar refractivity (Wildman–Crippen MR) is 203 cm³/mol. The van der Waals surface area contributed by atoms with Gasteiger partial charge >= 0.3 is 0 Å². The van der Waals surface area contributed by atoms with E-state index in [-0.39, 0.29) is 0 Å². The molecule has 7 aromatic carbocycles. The van der Waals surface area contributed by atoms with E-state index >= 15 is 0 Å². The Morgan fingerprint density at radius 2 is 0.878 bits per heavy atom. The molecular formula is C44H24N4S. The monoisotopic (exact) mass is 640 g/mol. The number of para-hydroxylation sites is 4. The highest BCUT2D eigenvalue weighted by Crippen LogP contribution is 2.43. The van der Waals surface area contributed by atoms with Crippen LogP contribution in [-0.2, 0) is 0 Å². The van der Waals surface area contributed by atoms with E-state index in [0.717, 1.165) is 66.1 Å². The number of rotatable bonds is 3. The van der Waals surface area contributed by atoms with Crippen LogP contribution in [0.4, 0.5) is 0 Å². The summed E-state index contributed by atoms with van der Waals surface area (Å²) in [5.74, 6) is 0. The molecule has 49 heavy (non-hydrogen) atoms. The Morgan fingerprint density at radius 1 is 0.388 bits per heavy atom. The van der Waals surface area contributed by atoms with Crippen LogP contribution in [0.5, 0.6) is 0 Å². The Hall–Kier alpha value is -6.66. The quantitative estimate of drug-likeness (QED) is 0.193. The van der Waals surface area contributed by atoms with Gasteiger partial charge in [-0.3, -0.25) is 0 Å². The van der Waals surface area contributed by atoms with Gasteiger partial charge in [-0.2, -0.15) is 10.5 Å². The third-order valence-corrected chi connectivity index (χ3v) is 10.9. The molecule has 10 rings (SSSR count). The molecule has 0 radical (unpaired) electrons. The highest BCUT2D eigenvalue weighted by atomic mass is 32.1. The molecule has 3 heterocycles. The molecule has 0 aliphatic rings. The molecule has 0 saturated heterocycles. The lowest BCUT2D eigenvalue weighted by atomic mass is 10.0. The normalized spacial score (nSPS) is 11.6. The maximum absolute atomic E-state index is 9.71. The smallest absolute Gasteiger partial charge is 0.0991 e. The highest BCUT2D eigenvalue weighted by molar-refractivity contribution is 7.25. The summed E-state index contributed by atoms with van der Waals surface area (Å²) >= 11 is 1.77. The van der Waals surface area contributed by atoms with Crippen LogP contribution in [0.1, 0.15) is 11.1 Å². The number of nitrogens with zero attached hydrogens (tertiary/aromatic N) is 4. The second-order valence-electron chi connectivity index (χ2n) is 12.4. The molecule has 5 heteroatoms. The van der Waals surface area contributed by atoms with Crippen molar-refractivity contribution in [2.45, 2.75) is 0 Å². The first-order chi connectivity index (χ1) is 24.2. The molecule has 0 fully saturated rings. The van der Waals surface area contributed by atoms with E-state index in [2.05, 4.69) is 143 Å². The standard InChI is InChI=1S/C44H24N4S/c45-25-27-17-19-41-33(21-27)31-11-3-7-15-39(31)47(41)37-13-5-1-9-29(37)30-10-2-6-14-38(30)48-40-16-8-4-12-32(40)34-24-44-36(23-42(34)48)35-22-28(26-46)18-20-43(35)49-44/h1-24H. The SMILES string of the molecule is N#Cc1ccc2sc3cc4c5ccccc5n(-c5ccccc5-c5ccccc5-n5c6ccccc6c6cc(C#N)ccc65)c4cc3c2c1. The van der Waals surface area contributed by atoms with Crippen molar-refractivity contribution in [3.63, 3.8) is 0 Å². The van der Waals surface area contributed by atoms with Crippen LogP contribution in [0, 0.1) is 22.7 Å². The lowest BCUT2D eigenvalue weighted by molar-refractivity contribution is 1.16. The molecule has 10 aromatic rings. The van der Waals surface area contributed by atoms with Crippen molar-refractivity contribution in [1.29, 1.82) is 10.5 Å². The molecule has 0 N–H and O–H groups in total. The molecule has 0 aliphatic heterocycles. The third kappa shape index (κ3) is 3.95. The zero-order valence-corrected chi connectivity index (χ0v) is 26.9. The van der Waals surface area contributed by atoms with E-state index < -0.39 is 0 Å². The maximum Gasteiger partial charge on any atom is 0.0991 e. The average Bonchev–Trinajstić information content (AvgIpc) is 3.80. The Morgan fingerprint density at radius 3 is 1.53 bits per heavy atom. The zero-order chi connectivity index (χ0) is 32.6. The zero-order valence-electron chi connectivity index (χ0n) is 26.1. The molecule has 0 unspecified atom stereocenters. The van der Waals surface area contributed by atoms with Crippen LogP contribution in [0.3, 0.4) is 0 Å². The summed E-state index contributed by atoms with van der Waals surface area (Å²) in [7, 11) is 0. The Kier molecular flexibility index (Phi) is 5.84. The molecular weight excluding hydrogens is 617 g/mol. The number of hydrogen-bond donors (Lipinski definition) is 0. The molecule has 3 aromatic heterocycles. The van der Waals surface area contributed by atoms with Crippen LogP contribution in [-0.4, -0.2) is 9.13 Å². The number of aromatic nitrogens is 2.